The van der Waals surface area contributed by atoms with Crippen LogP contribution in [-0.4, -0.2) is 50.8 Å². The van der Waals surface area contributed by atoms with Gasteiger partial charge in [-0.05, 0) is 68.5 Å². The molecule has 230 valence electrons. The predicted molar refractivity (Wildman–Crippen MR) is 166 cm³/mol. The molecule has 5 aromatic rings. The van der Waals surface area contributed by atoms with Crippen LogP contribution in [0.4, 0.5) is 24.8 Å². The molecule has 12 heteroatoms. The fourth-order valence-electron chi connectivity index (χ4n) is 4.78. The Kier molecular flexibility index (Phi) is 9.01. The number of fused-ring (bicyclic) bond motifs is 1. The summed E-state index contributed by atoms with van der Waals surface area (Å²) in [5.74, 6) is 2.46. The normalized spacial score (nSPS) is 11.0. The van der Waals surface area contributed by atoms with E-state index in [4.69, 9.17) is 0 Å². The van der Waals surface area contributed by atoms with Gasteiger partial charge in [-0.1, -0.05) is 30.0 Å². The standard InChI is InChI=1S/C33H30F3N7O2/c1-20-29(32(45)43(42(20)4)19-22-9-13-26(34)27(35)16-22)31(44)37-15-5-6-23-10-14-28-25(30(23)36)17-38-33(40-28)39-24-11-7-21(8-12-24)18-41(2)3/h7-14,16-17H,15,18-19H2,1-4H3,(H,37,44)(H,38,39,40). The molecular weight excluding hydrogens is 583 g/mol. The minimum atomic E-state index is -1.03. The minimum Gasteiger partial charge on any atom is -0.341 e. The van der Waals surface area contributed by atoms with Gasteiger partial charge in [0.2, 0.25) is 5.95 Å². The SMILES string of the molecule is Cc1c(C(=O)NCC#Cc2ccc3nc(Nc4ccc(CN(C)C)cc4)ncc3c2F)c(=O)n(Cc2ccc(F)c(F)c2)n1C. The van der Waals surface area contributed by atoms with E-state index >= 15 is 4.39 Å². The second kappa shape index (κ2) is 13.1. The zero-order valence-corrected chi connectivity index (χ0v) is 25.1. The van der Waals surface area contributed by atoms with Crippen molar-refractivity contribution < 1.29 is 18.0 Å². The summed E-state index contributed by atoms with van der Waals surface area (Å²) in [5.41, 5.74) is 2.49. The van der Waals surface area contributed by atoms with Gasteiger partial charge >= 0.3 is 0 Å². The van der Waals surface area contributed by atoms with Crippen LogP contribution in [0.2, 0.25) is 0 Å². The average molecular weight is 614 g/mol. The highest BCUT2D eigenvalue weighted by atomic mass is 19.2. The summed E-state index contributed by atoms with van der Waals surface area (Å²) in [6, 6.07) is 14.3. The zero-order chi connectivity index (χ0) is 32.2. The Bertz CT molecular complexity index is 2020. The summed E-state index contributed by atoms with van der Waals surface area (Å²) >= 11 is 0. The molecule has 2 N–H and O–H groups in total. The largest absolute Gasteiger partial charge is 0.341 e. The topological polar surface area (TPSA) is 97.1 Å². The molecule has 1 amide bonds. The van der Waals surface area contributed by atoms with E-state index in [1.165, 1.54) is 27.7 Å². The maximum atomic E-state index is 15.2. The number of aromatic nitrogens is 4. The molecule has 2 heterocycles. The molecule has 0 bridgehead atoms. The van der Waals surface area contributed by atoms with Crippen molar-refractivity contribution in [2.24, 2.45) is 7.05 Å². The highest BCUT2D eigenvalue weighted by molar-refractivity contribution is 5.95. The van der Waals surface area contributed by atoms with E-state index in [1.807, 2.05) is 38.4 Å². The number of carbonyl (C=O) groups is 1. The summed E-state index contributed by atoms with van der Waals surface area (Å²) in [6.07, 6.45) is 1.39. The lowest BCUT2D eigenvalue weighted by molar-refractivity contribution is 0.0956. The van der Waals surface area contributed by atoms with Crippen molar-refractivity contribution in [1.82, 2.24) is 29.5 Å². The number of nitrogens with one attached hydrogen (secondary N) is 2. The third kappa shape index (κ3) is 6.89. The first kappa shape index (κ1) is 31.0. The first-order chi connectivity index (χ1) is 21.5. The number of rotatable bonds is 8. The quantitative estimate of drug-likeness (QED) is 0.251. The molecule has 0 aliphatic rings. The van der Waals surface area contributed by atoms with Gasteiger partial charge in [0, 0.05) is 31.2 Å². The number of hydrogen-bond acceptors (Lipinski definition) is 6. The molecule has 0 aliphatic carbocycles. The van der Waals surface area contributed by atoms with Gasteiger partial charge in [0.1, 0.15) is 11.4 Å². The van der Waals surface area contributed by atoms with Crippen LogP contribution < -0.4 is 16.2 Å². The smallest absolute Gasteiger partial charge is 0.280 e. The number of halogens is 3. The molecule has 0 spiro atoms. The van der Waals surface area contributed by atoms with Crippen LogP contribution in [0.15, 0.2) is 65.6 Å². The van der Waals surface area contributed by atoms with Gasteiger partial charge in [-0.3, -0.25) is 14.3 Å². The molecule has 0 radical (unpaired) electrons. The van der Waals surface area contributed by atoms with Crippen molar-refractivity contribution in [1.29, 1.82) is 0 Å². The van der Waals surface area contributed by atoms with E-state index < -0.39 is 28.9 Å². The van der Waals surface area contributed by atoms with Crippen LogP contribution in [0.25, 0.3) is 10.9 Å². The maximum absolute atomic E-state index is 15.2. The molecule has 5 rings (SSSR count). The summed E-state index contributed by atoms with van der Waals surface area (Å²) < 4.78 is 44.9. The lowest BCUT2D eigenvalue weighted by Gasteiger charge is -2.11. The van der Waals surface area contributed by atoms with E-state index in [9.17, 15) is 18.4 Å². The Morgan fingerprint density at radius 2 is 1.73 bits per heavy atom. The van der Waals surface area contributed by atoms with Crippen molar-refractivity contribution in [3.05, 3.63) is 117 Å². The predicted octanol–water partition coefficient (Wildman–Crippen LogP) is 4.49. The van der Waals surface area contributed by atoms with Crippen LogP contribution in [0, 0.1) is 36.2 Å². The van der Waals surface area contributed by atoms with Crippen LogP contribution >= 0.6 is 0 Å². The van der Waals surface area contributed by atoms with Crippen molar-refractivity contribution in [2.75, 3.05) is 26.0 Å². The minimum absolute atomic E-state index is 0.0624. The Hall–Kier alpha value is -5.41. The van der Waals surface area contributed by atoms with Gasteiger partial charge < -0.3 is 15.5 Å². The number of benzene rings is 3. The van der Waals surface area contributed by atoms with E-state index in [1.54, 1.807) is 20.0 Å². The van der Waals surface area contributed by atoms with E-state index in [-0.39, 0.29) is 29.6 Å². The molecule has 0 fully saturated rings. The van der Waals surface area contributed by atoms with Crippen molar-refractivity contribution in [3.8, 4) is 11.8 Å². The molecule has 0 saturated carbocycles. The Labute approximate surface area is 257 Å². The Morgan fingerprint density at radius 3 is 2.44 bits per heavy atom. The summed E-state index contributed by atoms with van der Waals surface area (Å²) in [5, 5.41) is 5.88. The maximum Gasteiger partial charge on any atom is 0.280 e. The summed E-state index contributed by atoms with van der Waals surface area (Å²) in [7, 11) is 5.59. The number of nitrogens with zero attached hydrogens (tertiary/aromatic N) is 5. The van der Waals surface area contributed by atoms with E-state index in [0.29, 0.717) is 22.7 Å². The van der Waals surface area contributed by atoms with Crippen molar-refractivity contribution in [3.63, 3.8) is 0 Å². The third-order valence-corrected chi connectivity index (χ3v) is 7.17. The first-order valence-corrected chi connectivity index (χ1v) is 13.9. The zero-order valence-electron chi connectivity index (χ0n) is 25.1. The monoisotopic (exact) mass is 613 g/mol. The Balaban J connectivity index is 1.25. The summed E-state index contributed by atoms with van der Waals surface area (Å²) in [6.45, 7) is 2.20. The first-order valence-electron chi connectivity index (χ1n) is 13.9. The Morgan fingerprint density at radius 1 is 1.00 bits per heavy atom. The van der Waals surface area contributed by atoms with Gasteiger partial charge in [0.05, 0.1) is 29.6 Å². The van der Waals surface area contributed by atoms with Crippen LogP contribution in [0.3, 0.4) is 0 Å². The van der Waals surface area contributed by atoms with Gasteiger partial charge in [-0.15, -0.1) is 0 Å². The highest BCUT2D eigenvalue weighted by Crippen LogP contribution is 2.22. The van der Waals surface area contributed by atoms with E-state index in [0.717, 1.165) is 29.9 Å². The molecule has 3 aromatic carbocycles. The van der Waals surface area contributed by atoms with Crippen LogP contribution in [-0.2, 0) is 20.1 Å². The molecule has 9 nitrogen and oxygen atoms in total. The highest BCUT2D eigenvalue weighted by Gasteiger charge is 2.21. The molecule has 0 unspecified atom stereocenters. The molecule has 0 aliphatic heterocycles. The van der Waals surface area contributed by atoms with Gasteiger partial charge in [0.25, 0.3) is 11.5 Å². The fraction of sp³-hybridized carbons (Fsp3) is 0.212. The van der Waals surface area contributed by atoms with Crippen molar-refractivity contribution in [2.45, 2.75) is 20.0 Å². The lowest BCUT2D eigenvalue weighted by atomic mass is 10.1. The molecule has 2 aromatic heterocycles. The van der Waals surface area contributed by atoms with Crippen LogP contribution in [0.5, 0.6) is 0 Å². The molecule has 0 atom stereocenters. The molecular formula is C33H30F3N7O2. The second-order valence-electron chi connectivity index (χ2n) is 10.7. The lowest BCUT2D eigenvalue weighted by Crippen LogP contribution is -2.31. The molecule has 0 saturated heterocycles. The average Bonchev–Trinajstić information content (AvgIpc) is 3.21. The number of carbonyl (C=O) groups excluding carboxylic acids is 1. The van der Waals surface area contributed by atoms with Gasteiger partial charge in [-0.25, -0.2) is 27.8 Å². The number of amides is 1. The van der Waals surface area contributed by atoms with Gasteiger partial charge in [0.15, 0.2) is 11.6 Å². The number of hydrogen-bond donors (Lipinski definition) is 2. The summed E-state index contributed by atoms with van der Waals surface area (Å²) in [4.78, 5) is 36.6. The molecule has 45 heavy (non-hydrogen) atoms. The second-order valence-corrected chi connectivity index (χ2v) is 10.7. The number of anilines is 2. The van der Waals surface area contributed by atoms with Crippen molar-refractivity contribution >= 4 is 28.4 Å². The third-order valence-electron chi connectivity index (χ3n) is 7.17. The van der Waals surface area contributed by atoms with Crippen LogP contribution in [0.1, 0.15) is 32.7 Å². The van der Waals surface area contributed by atoms with E-state index in [2.05, 4.69) is 37.3 Å². The fourth-order valence-corrected chi connectivity index (χ4v) is 4.78. The van der Waals surface area contributed by atoms with Gasteiger partial charge in [-0.2, -0.15) is 0 Å².